The minimum Gasteiger partial charge on any atom is -0.339 e. The Bertz CT molecular complexity index is 1070. The Hall–Kier alpha value is -3.42. The van der Waals surface area contributed by atoms with E-state index in [1.807, 2.05) is 4.90 Å². The Kier molecular flexibility index (Phi) is 4.23. The third-order valence-electron chi connectivity index (χ3n) is 4.61. The lowest BCUT2D eigenvalue weighted by atomic mass is 10.2. The van der Waals surface area contributed by atoms with Crippen molar-refractivity contribution < 1.29 is 9.59 Å². The number of benzene rings is 1. The molecule has 0 atom stereocenters. The van der Waals surface area contributed by atoms with E-state index in [2.05, 4.69) is 15.4 Å². The van der Waals surface area contributed by atoms with Crippen LogP contribution in [0.15, 0.2) is 41.3 Å². The molecule has 0 unspecified atom stereocenters. The van der Waals surface area contributed by atoms with Crippen molar-refractivity contribution in [2.24, 2.45) is 0 Å². The van der Waals surface area contributed by atoms with Crippen LogP contribution in [0.25, 0.3) is 5.52 Å². The lowest BCUT2D eigenvalue weighted by molar-refractivity contribution is 0.0792. The van der Waals surface area contributed by atoms with Crippen molar-refractivity contribution in [1.29, 1.82) is 0 Å². The quantitative estimate of drug-likeness (QED) is 0.739. The van der Waals surface area contributed by atoms with Crippen LogP contribution in [-0.4, -0.2) is 44.4 Å². The first kappa shape index (κ1) is 17.0. The maximum atomic E-state index is 12.4. The molecule has 0 bridgehead atoms. The summed E-state index contributed by atoms with van der Waals surface area (Å²) in [6.45, 7) is 3.33. The number of carbonyl (C=O) groups excluding carboxylic acids is 2. The van der Waals surface area contributed by atoms with Crippen LogP contribution >= 0.6 is 0 Å². The monoisotopic (exact) mass is 365 g/mol. The highest BCUT2D eigenvalue weighted by atomic mass is 16.2. The number of aromatic amines is 1. The second-order valence-corrected chi connectivity index (χ2v) is 6.66. The average Bonchev–Trinajstić information content (AvgIpc) is 3.31. The number of likely N-dealkylation sites (tertiary alicyclic amines) is 1. The highest BCUT2D eigenvalue weighted by molar-refractivity contribution is 6.04. The Morgan fingerprint density at radius 2 is 1.85 bits per heavy atom. The van der Waals surface area contributed by atoms with Gasteiger partial charge in [-0.15, -0.1) is 0 Å². The molecule has 0 radical (unpaired) electrons. The van der Waals surface area contributed by atoms with Crippen molar-refractivity contribution in [3.8, 4) is 0 Å². The van der Waals surface area contributed by atoms with Crippen molar-refractivity contribution in [2.45, 2.75) is 19.8 Å². The van der Waals surface area contributed by atoms with Gasteiger partial charge >= 0.3 is 0 Å². The first-order valence-electron chi connectivity index (χ1n) is 8.81. The molecule has 1 aromatic carbocycles. The van der Waals surface area contributed by atoms with Crippen LogP contribution in [-0.2, 0) is 0 Å². The van der Waals surface area contributed by atoms with Crippen molar-refractivity contribution in [2.75, 3.05) is 18.4 Å². The molecule has 1 fully saturated rings. The predicted molar refractivity (Wildman–Crippen MR) is 100 cm³/mol. The van der Waals surface area contributed by atoms with Gasteiger partial charge in [-0.2, -0.15) is 5.10 Å². The Morgan fingerprint density at radius 1 is 1.15 bits per heavy atom. The molecule has 138 valence electrons. The second kappa shape index (κ2) is 6.71. The Balaban J connectivity index is 1.50. The zero-order valence-electron chi connectivity index (χ0n) is 14.9. The van der Waals surface area contributed by atoms with Crippen LogP contribution in [0.3, 0.4) is 0 Å². The summed E-state index contributed by atoms with van der Waals surface area (Å²) in [7, 11) is 0. The van der Waals surface area contributed by atoms with Gasteiger partial charge in [0.15, 0.2) is 5.69 Å². The molecule has 1 aliphatic heterocycles. The number of aromatic nitrogens is 3. The fourth-order valence-corrected chi connectivity index (χ4v) is 3.23. The van der Waals surface area contributed by atoms with E-state index < -0.39 is 5.91 Å². The van der Waals surface area contributed by atoms with E-state index in [-0.39, 0.29) is 17.2 Å². The summed E-state index contributed by atoms with van der Waals surface area (Å²) < 4.78 is 1.39. The number of rotatable bonds is 3. The number of aryl methyl sites for hydroxylation is 1. The van der Waals surface area contributed by atoms with E-state index >= 15 is 0 Å². The highest BCUT2D eigenvalue weighted by Gasteiger charge is 2.19. The normalized spacial score (nSPS) is 13.9. The molecule has 0 aliphatic carbocycles. The van der Waals surface area contributed by atoms with Crippen molar-refractivity contribution in [1.82, 2.24) is 19.5 Å². The predicted octanol–water partition coefficient (Wildman–Crippen LogP) is 1.82. The van der Waals surface area contributed by atoms with E-state index in [0.717, 1.165) is 25.9 Å². The van der Waals surface area contributed by atoms with Gasteiger partial charge in [0.05, 0.1) is 0 Å². The standard InChI is InChI=1S/C19H19N5O3/c1-12-11-24-16(18(26)20-12)10-15(22-24)17(25)21-14-6-4-13(5-7-14)19(27)23-8-2-3-9-23/h4-7,10-11H,2-3,8-9H2,1H3,(H,20,26)(H,21,25). The third kappa shape index (κ3) is 3.33. The maximum Gasteiger partial charge on any atom is 0.276 e. The molecule has 27 heavy (non-hydrogen) atoms. The van der Waals surface area contributed by atoms with Crippen LogP contribution in [0.4, 0.5) is 5.69 Å². The van der Waals surface area contributed by atoms with Gasteiger partial charge in [0.2, 0.25) is 0 Å². The zero-order chi connectivity index (χ0) is 19.0. The largest absolute Gasteiger partial charge is 0.339 e. The zero-order valence-corrected chi connectivity index (χ0v) is 14.9. The van der Waals surface area contributed by atoms with Crippen LogP contribution in [0.5, 0.6) is 0 Å². The summed E-state index contributed by atoms with van der Waals surface area (Å²) in [5.74, 6) is -0.408. The summed E-state index contributed by atoms with van der Waals surface area (Å²) >= 11 is 0. The van der Waals surface area contributed by atoms with Crippen LogP contribution in [0.2, 0.25) is 0 Å². The van der Waals surface area contributed by atoms with E-state index in [1.54, 1.807) is 37.4 Å². The molecule has 8 heteroatoms. The van der Waals surface area contributed by atoms with E-state index in [1.165, 1.54) is 10.6 Å². The van der Waals surface area contributed by atoms with Gasteiger partial charge in [-0.3, -0.25) is 14.4 Å². The number of amides is 2. The van der Waals surface area contributed by atoms with Gasteiger partial charge in [0, 0.05) is 42.3 Å². The number of H-pyrrole nitrogens is 1. The maximum absolute atomic E-state index is 12.4. The second-order valence-electron chi connectivity index (χ2n) is 6.66. The fourth-order valence-electron chi connectivity index (χ4n) is 3.23. The van der Waals surface area contributed by atoms with E-state index in [0.29, 0.717) is 22.5 Å². The Morgan fingerprint density at radius 3 is 2.56 bits per heavy atom. The van der Waals surface area contributed by atoms with Gasteiger partial charge in [-0.05, 0) is 44.0 Å². The first-order chi connectivity index (χ1) is 13.0. The molecule has 1 saturated heterocycles. The number of hydrogen-bond donors (Lipinski definition) is 2. The molecule has 2 N–H and O–H groups in total. The molecular formula is C19H19N5O3. The summed E-state index contributed by atoms with van der Waals surface area (Å²) in [6, 6.07) is 8.23. The highest BCUT2D eigenvalue weighted by Crippen LogP contribution is 2.16. The minimum absolute atomic E-state index is 0.0142. The summed E-state index contributed by atoms with van der Waals surface area (Å²) in [5, 5.41) is 6.89. The van der Waals surface area contributed by atoms with Crippen molar-refractivity contribution in [3.63, 3.8) is 0 Å². The molecule has 3 aromatic rings. The van der Waals surface area contributed by atoms with Gasteiger partial charge in [-0.1, -0.05) is 0 Å². The Labute approximate surface area is 154 Å². The number of hydrogen-bond acceptors (Lipinski definition) is 4. The van der Waals surface area contributed by atoms with Crippen LogP contribution < -0.4 is 10.9 Å². The summed E-state index contributed by atoms with van der Waals surface area (Å²) in [5.41, 5.74) is 1.96. The number of nitrogens with one attached hydrogen (secondary N) is 2. The smallest absolute Gasteiger partial charge is 0.276 e. The molecule has 1 aliphatic rings. The van der Waals surface area contributed by atoms with Crippen molar-refractivity contribution >= 4 is 23.0 Å². The molecule has 2 aromatic heterocycles. The molecule has 2 amide bonds. The first-order valence-corrected chi connectivity index (χ1v) is 8.81. The fraction of sp³-hybridized carbons (Fsp3) is 0.263. The number of anilines is 1. The van der Waals surface area contributed by atoms with Crippen molar-refractivity contribution in [3.05, 3.63) is 63.8 Å². The van der Waals surface area contributed by atoms with E-state index in [4.69, 9.17) is 0 Å². The summed E-state index contributed by atoms with van der Waals surface area (Å²) in [6.07, 6.45) is 3.73. The topological polar surface area (TPSA) is 99.6 Å². The average molecular weight is 365 g/mol. The third-order valence-corrected chi connectivity index (χ3v) is 4.61. The molecule has 8 nitrogen and oxygen atoms in total. The number of nitrogens with zero attached hydrogens (tertiary/aromatic N) is 3. The van der Waals surface area contributed by atoms with Crippen LogP contribution in [0, 0.1) is 6.92 Å². The van der Waals surface area contributed by atoms with Crippen LogP contribution in [0.1, 0.15) is 39.4 Å². The summed E-state index contributed by atoms with van der Waals surface area (Å²) in [4.78, 5) is 41.2. The lowest BCUT2D eigenvalue weighted by Gasteiger charge is -2.15. The molecule has 3 heterocycles. The lowest BCUT2D eigenvalue weighted by Crippen LogP contribution is -2.27. The number of carbonyl (C=O) groups is 2. The number of fused-ring (bicyclic) bond motifs is 1. The molecular weight excluding hydrogens is 346 g/mol. The molecule has 4 rings (SSSR count). The van der Waals surface area contributed by atoms with Gasteiger partial charge in [-0.25, -0.2) is 4.52 Å². The van der Waals surface area contributed by atoms with Gasteiger partial charge in [0.25, 0.3) is 17.4 Å². The molecule has 0 spiro atoms. The van der Waals surface area contributed by atoms with E-state index in [9.17, 15) is 14.4 Å². The van der Waals surface area contributed by atoms with Gasteiger partial charge in [0.1, 0.15) is 5.52 Å². The van der Waals surface area contributed by atoms with Gasteiger partial charge < -0.3 is 15.2 Å². The SMILES string of the molecule is Cc1cn2nc(C(=O)Nc3ccc(C(=O)N4CCCC4)cc3)cc2c(=O)[nH]1. The minimum atomic E-state index is -0.422. The molecule has 0 saturated carbocycles.